The minimum absolute atomic E-state index is 0.0395. The van der Waals surface area contributed by atoms with Gasteiger partial charge in [0, 0.05) is 24.5 Å². The monoisotopic (exact) mass is 338 g/mol. The molecule has 23 heavy (non-hydrogen) atoms. The van der Waals surface area contributed by atoms with E-state index in [-0.39, 0.29) is 45.8 Å². The van der Waals surface area contributed by atoms with Crippen LogP contribution in [0.3, 0.4) is 0 Å². The van der Waals surface area contributed by atoms with Gasteiger partial charge in [0.15, 0.2) is 17.3 Å². The Morgan fingerprint density at radius 1 is 1.35 bits per heavy atom. The van der Waals surface area contributed by atoms with E-state index < -0.39 is 17.3 Å². The van der Waals surface area contributed by atoms with E-state index in [0.29, 0.717) is 0 Å². The number of Topliss-reactive ketones (excluding diaryl/α,β-unsaturated/α-hetero) is 1. The maximum absolute atomic E-state index is 13.1. The number of fused-ring (bicyclic) bond motifs is 1. The zero-order valence-corrected chi connectivity index (χ0v) is 13.6. The average Bonchev–Trinajstić information content (AvgIpc) is 2.82. The molecular weight excluding hydrogens is 324 g/mol. The maximum atomic E-state index is 13.1. The van der Waals surface area contributed by atoms with Gasteiger partial charge in [-0.25, -0.2) is 0 Å². The number of ketones is 2. The van der Waals surface area contributed by atoms with Gasteiger partial charge in [0.05, 0.1) is 14.2 Å². The van der Waals surface area contributed by atoms with Crippen LogP contribution >= 0.6 is 11.6 Å². The van der Waals surface area contributed by atoms with Crippen molar-refractivity contribution in [1.29, 1.82) is 0 Å². The highest BCUT2D eigenvalue weighted by Crippen LogP contribution is 2.54. The van der Waals surface area contributed by atoms with Crippen molar-refractivity contribution in [3.05, 3.63) is 28.5 Å². The van der Waals surface area contributed by atoms with Gasteiger partial charge in [-0.2, -0.15) is 0 Å². The number of ether oxygens (including phenoxy) is 3. The fourth-order valence-corrected chi connectivity index (χ4v) is 3.35. The topological polar surface area (TPSA) is 82.1 Å². The van der Waals surface area contributed by atoms with E-state index in [1.165, 1.54) is 26.4 Å². The lowest BCUT2D eigenvalue weighted by Crippen LogP contribution is -2.51. The van der Waals surface area contributed by atoms with Crippen molar-refractivity contribution < 1.29 is 28.9 Å². The molecule has 6 nitrogen and oxygen atoms in total. The predicted molar refractivity (Wildman–Crippen MR) is 81.2 cm³/mol. The summed E-state index contributed by atoms with van der Waals surface area (Å²) in [5.74, 6) is -0.944. The number of carbonyl (C=O) groups excluding carboxylic acids is 2. The molecule has 2 aliphatic rings. The van der Waals surface area contributed by atoms with Gasteiger partial charge < -0.3 is 19.3 Å². The molecule has 0 aromatic heterocycles. The highest BCUT2D eigenvalue weighted by molar-refractivity contribution is 6.35. The number of hydrogen-bond donors (Lipinski definition) is 1. The smallest absolute Gasteiger partial charge is 0.231 e. The first-order valence-electron chi connectivity index (χ1n) is 6.99. The van der Waals surface area contributed by atoms with E-state index in [1.807, 2.05) is 0 Å². The number of hydrogen-bond acceptors (Lipinski definition) is 6. The van der Waals surface area contributed by atoms with Crippen LogP contribution in [0.1, 0.15) is 23.7 Å². The Hall–Kier alpha value is -2.21. The highest BCUT2D eigenvalue weighted by atomic mass is 35.5. The number of phenolic OH excluding ortho intramolecular Hbond substituents is 1. The van der Waals surface area contributed by atoms with E-state index in [0.717, 1.165) is 0 Å². The first-order valence-corrected chi connectivity index (χ1v) is 7.36. The summed E-state index contributed by atoms with van der Waals surface area (Å²) < 4.78 is 16.3. The fourth-order valence-electron chi connectivity index (χ4n) is 3.16. The number of allylic oxidation sites excluding steroid dienone is 1. The number of carbonyl (C=O) groups is 2. The third-order valence-corrected chi connectivity index (χ3v) is 4.66. The van der Waals surface area contributed by atoms with Crippen LogP contribution in [0, 0.1) is 5.92 Å². The second-order valence-electron chi connectivity index (χ2n) is 5.57. The molecule has 1 aromatic carbocycles. The van der Waals surface area contributed by atoms with Crippen LogP contribution in [0.4, 0.5) is 0 Å². The zero-order chi connectivity index (χ0) is 16.9. The second-order valence-corrected chi connectivity index (χ2v) is 5.95. The van der Waals surface area contributed by atoms with Gasteiger partial charge in [0.1, 0.15) is 22.1 Å². The van der Waals surface area contributed by atoms with Gasteiger partial charge in [-0.05, 0) is 0 Å². The third-order valence-electron chi connectivity index (χ3n) is 4.29. The maximum Gasteiger partial charge on any atom is 0.231 e. The van der Waals surface area contributed by atoms with Crippen molar-refractivity contribution in [2.45, 2.75) is 18.9 Å². The molecule has 1 N–H and O–H groups in total. The lowest BCUT2D eigenvalue weighted by atomic mass is 9.75. The summed E-state index contributed by atoms with van der Waals surface area (Å²) >= 11 is 6.09. The number of aromatic hydroxyl groups is 1. The molecule has 1 aliphatic heterocycles. The molecule has 1 spiro atoms. The van der Waals surface area contributed by atoms with Crippen LogP contribution < -0.4 is 9.47 Å². The summed E-state index contributed by atoms with van der Waals surface area (Å²) in [5, 5.41) is 9.82. The Morgan fingerprint density at radius 3 is 2.65 bits per heavy atom. The van der Waals surface area contributed by atoms with Gasteiger partial charge in [0.25, 0.3) is 0 Å². The van der Waals surface area contributed by atoms with Crippen molar-refractivity contribution in [3.8, 4) is 17.2 Å². The SMILES string of the molecule is COC1=CC(=O)CC(C)[C@]12Oc1c(Cl)c(O)cc(OC)c1C2=O. The second kappa shape index (κ2) is 5.16. The minimum Gasteiger partial charge on any atom is -0.506 e. The average molecular weight is 339 g/mol. The third kappa shape index (κ3) is 1.94. The molecule has 0 radical (unpaired) electrons. The molecule has 1 aliphatic carbocycles. The molecule has 0 fully saturated rings. The van der Waals surface area contributed by atoms with E-state index in [4.69, 9.17) is 25.8 Å². The first kappa shape index (κ1) is 15.7. The van der Waals surface area contributed by atoms with E-state index in [9.17, 15) is 14.7 Å². The van der Waals surface area contributed by atoms with Crippen molar-refractivity contribution in [2.24, 2.45) is 5.92 Å². The van der Waals surface area contributed by atoms with Crippen LogP contribution in [-0.2, 0) is 9.53 Å². The molecular formula is C16H15ClO6. The number of rotatable bonds is 2. The van der Waals surface area contributed by atoms with Gasteiger partial charge >= 0.3 is 0 Å². The Kier molecular flexibility index (Phi) is 3.52. The van der Waals surface area contributed by atoms with Crippen LogP contribution in [0.15, 0.2) is 17.9 Å². The molecule has 122 valence electrons. The van der Waals surface area contributed by atoms with Crippen molar-refractivity contribution in [1.82, 2.24) is 0 Å². The van der Waals surface area contributed by atoms with Gasteiger partial charge in [-0.1, -0.05) is 18.5 Å². The Labute approximate surface area is 137 Å². The summed E-state index contributed by atoms with van der Waals surface area (Å²) in [6.07, 6.45) is 1.41. The van der Waals surface area contributed by atoms with Crippen molar-refractivity contribution in [2.75, 3.05) is 14.2 Å². The van der Waals surface area contributed by atoms with E-state index >= 15 is 0 Å². The van der Waals surface area contributed by atoms with Crippen molar-refractivity contribution >= 4 is 23.2 Å². The van der Waals surface area contributed by atoms with Crippen molar-refractivity contribution in [3.63, 3.8) is 0 Å². The number of halogens is 1. The quantitative estimate of drug-likeness (QED) is 0.892. The zero-order valence-electron chi connectivity index (χ0n) is 12.8. The number of phenols is 1. The molecule has 3 rings (SSSR count). The molecule has 0 amide bonds. The Balaban J connectivity index is 2.26. The van der Waals surface area contributed by atoms with Crippen LogP contribution in [0.25, 0.3) is 0 Å². The number of methoxy groups -OCH3 is 2. The summed E-state index contributed by atoms with van der Waals surface area (Å²) in [5.41, 5.74) is -1.34. The molecule has 0 saturated heterocycles. The molecule has 7 heteroatoms. The van der Waals surface area contributed by atoms with Crippen LogP contribution in [0.5, 0.6) is 17.2 Å². The number of benzene rings is 1. The van der Waals surface area contributed by atoms with Gasteiger partial charge in [0.2, 0.25) is 11.4 Å². The molecule has 0 bridgehead atoms. The lowest BCUT2D eigenvalue weighted by Gasteiger charge is -2.36. The standard InChI is InChI=1S/C16H15ClO6/c1-7-4-8(18)5-11(22-3)16(7)15(20)12-10(21-2)6-9(19)13(17)14(12)23-16/h5-7,19H,4H2,1-3H3/t7?,16-/m0/s1. The summed E-state index contributed by atoms with van der Waals surface area (Å²) in [7, 11) is 2.75. The summed E-state index contributed by atoms with van der Waals surface area (Å²) in [6, 6.07) is 1.26. The molecule has 1 heterocycles. The lowest BCUT2D eigenvalue weighted by molar-refractivity contribution is -0.118. The molecule has 1 unspecified atom stereocenters. The molecule has 2 atom stereocenters. The van der Waals surface area contributed by atoms with E-state index in [2.05, 4.69) is 0 Å². The largest absolute Gasteiger partial charge is 0.506 e. The molecule has 1 aromatic rings. The molecule has 0 saturated carbocycles. The fraction of sp³-hybridized carbons (Fsp3) is 0.375. The minimum atomic E-state index is -1.48. The van der Waals surface area contributed by atoms with Crippen LogP contribution in [0.2, 0.25) is 5.02 Å². The highest BCUT2D eigenvalue weighted by Gasteiger charge is 2.59. The summed E-state index contributed by atoms with van der Waals surface area (Å²) in [6.45, 7) is 1.73. The van der Waals surface area contributed by atoms with Gasteiger partial charge in [-0.3, -0.25) is 9.59 Å². The first-order chi connectivity index (χ1) is 10.9. The van der Waals surface area contributed by atoms with E-state index in [1.54, 1.807) is 6.92 Å². The normalized spacial score (nSPS) is 25.9. The predicted octanol–water partition coefficient (Wildman–Crippen LogP) is 2.51. The summed E-state index contributed by atoms with van der Waals surface area (Å²) in [4.78, 5) is 24.9. The van der Waals surface area contributed by atoms with Crippen LogP contribution in [-0.4, -0.2) is 36.5 Å². The Morgan fingerprint density at radius 2 is 2.04 bits per heavy atom. The Bertz CT molecular complexity index is 753. The van der Waals surface area contributed by atoms with Gasteiger partial charge in [-0.15, -0.1) is 0 Å².